The summed E-state index contributed by atoms with van der Waals surface area (Å²) in [5.41, 5.74) is 5.63. The van der Waals surface area contributed by atoms with Crippen molar-refractivity contribution in [2.45, 2.75) is 50.2 Å². The summed E-state index contributed by atoms with van der Waals surface area (Å²) in [5, 5.41) is 2.99. The fraction of sp³-hybridized carbons (Fsp3) is 0.929. The van der Waals surface area contributed by atoms with Crippen molar-refractivity contribution in [2.75, 3.05) is 26.9 Å². The number of hydrogen-bond donors (Lipinski definition) is 2. The van der Waals surface area contributed by atoms with Gasteiger partial charge in [0.1, 0.15) is 5.60 Å². The van der Waals surface area contributed by atoms with E-state index in [1.54, 1.807) is 7.11 Å². The molecule has 0 aromatic heterocycles. The maximum Gasteiger partial charge on any atom is 0.220 e. The van der Waals surface area contributed by atoms with Crippen LogP contribution in [-0.2, 0) is 14.3 Å². The molecule has 1 amide bonds. The van der Waals surface area contributed by atoms with E-state index in [9.17, 15) is 4.79 Å². The normalized spacial score (nSPS) is 35.3. The first-order valence-electron chi connectivity index (χ1n) is 7.29. The lowest BCUT2D eigenvalue weighted by Crippen LogP contribution is -2.45. The Bertz CT molecular complexity index is 303. The maximum absolute atomic E-state index is 12.0. The van der Waals surface area contributed by atoms with Gasteiger partial charge in [-0.25, -0.2) is 0 Å². The highest BCUT2D eigenvalue weighted by Gasteiger charge is 2.35. The third-order valence-corrected chi connectivity index (χ3v) is 4.41. The molecule has 3 atom stereocenters. The average molecular weight is 270 g/mol. The standard InChI is InChI=1S/C14H26N2O3/c1-18-14(5-6-19-10-14)9-16-13(17)8-11-3-2-4-12(15)7-11/h11-12H,2-10,15H2,1H3,(H,16,17). The highest BCUT2D eigenvalue weighted by molar-refractivity contribution is 5.76. The minimum absolute atomic E-state index is 0.113. The molecule has 1 saturated heterocycles. The van der Waals surface area contributed by atoms with Gasteiger partial charge < -0.3 is 20.5 Å². The predicted octanol–water partition coefficient (Wildman–Crippen LogP) is 0.816. The lowest BCUT2D eigenvalue weighted by Gasteiger charge is -2.28. The zero-order chi connectivity index (χ0) is 13.7. The van der Waals surface area contributed by atoms with Crippen LogP contribution in [0.4, 0.5) is 0 Å². The van der Waals surface area contributed by atoms with Crippen LogP contribution in [0.1, 0.15) is 38.5 Å². The largest absolute Gasteiger partial charge is 0.378 e. The summed E-state index contributed by atoms with van der Waals surface area (Å²) in [7, 11) is 1.68. The van der Waals surface area contributed by atoms with E-state index in [1.807, 2.05) is 0 Å². The van der Waals surface area contributed by atoms with Crippen molar-refractivity contribution in [2.24, 2.45) is 11.7 Å². The van der Waals surface area contributed by atoms with Crippen LogP contribution < -0.4 is 11.1 Å². The van der Waals surface area contributed by atoms with Crippen LogP contribution in [0.15, 0.2) is 0 Å². The fourth-order valence-electron chi connectivity index (χ4n) is 3.07. The van der Waals surface area contributed by atoms with Crippen LogP contribution in [0.2, 0.25) is 0 Å². The second-order valence-electron chi connectivity index (χ2n) is 5.96. The number of methoxy groups -OCH3 is 1. The lowest BCUT2D eigenvalue weighted by molar-refractivity contribution is -0.124. The second kappa shape index (κ2) is 6.68. The Morgan fingerprint density at radius 1 is 1.53 bits per heavy atom. The Balaban J connectivity index is 1.72. The molecule has 2 aliphatic rings. The molecule has 2 rings (SSSR count). The molecule has 19 heavy (non-hydrogen) atoms. The predicted molar refractivity (Wildman–Crippen MR) is 72.7 cm³/mol. The summed E-state index contributed by atoms with van der Waals surface area (Å²) in [4.78, 5) is 12.0. The summed E-state index contributed by atoms with van der Waals surface area (Å²) in [6.45, 7) is 1.82. The van der Waals surface area contributed by atoms with Gasteiger partial charge in [-0.2, -0.15) is 0 Å². The monoisotopic (exact) mass is 270 g/mol. The van der Waals surface area contributed by atoms with E-state index in [-0.39, 0.29) is 17.6 Å². The zero-order valence-corrected chi connectivity index (χ0v) is 11.8. The van der Waals surface area contributed by atoms with E-state index in [1.165, 1.54) is 0 Å². The molecule has 3 N–H and O–H groups in total. The van der Waals surface area contributed by atoms with Gasteiger partial charge in [0.05, 0.1) is 6.61 Å². The summed E-state index contributed by atoms with van der Waals surface area (Å²) >= 11 is 0. The van der Waals surface area contributed by atoms with Crippen molar-refractivity contribution in [3.8, 4) is 0 Å². The fourth-order valence-corrected chi connectivity index (χ4v) is 3.07. The molecular weight excluding hydrogens is 244 g/mol. The molecule has 0 spiro atoms. The molecular formula is C14H26N2O3. The molecule has 0 radical (unpaired) electrons. The van der Waals surface area contributed by atoms with Crippen LogP contribution in [0.5, 0.6) is 0 Å². The quantitative estimate of drug-likeness (QED) is 0.775. The van der Waals surface area contributed by atoms with Gasteiger partial charge in [-0.05, 0) is 25.2 Å². The molecule has 0 aromatic rings. The van der Waals surface area contributed by atoms with Crippen molar-refractivity contribution in [1.82, 2.24) is 5.32 Å². The summed E-state index contributed by atoms with van der Waals surface area (Å²) in [6.07, 6.45) is 5.79. The first-order valence-corrected chi connectivity index (χ1v) is 7.29. The van der Waals surface area contributed by atoms with Gasteiger partial charge in [-0.3, -0.25) is 4.79 Å². The number of hydrogen-bond acceptors (Lipinski definition) is 4. The summed E-state index contributed by atoms with van der Waals surface area (Å²) < 4.78 is 10.9. The van der Waals surface area contributed by atoms with E-state index in [0.717, 1.165) is 32.1 Å². The minimum atomic E-state index is -0.321. The Morgan fingerprint density at radius 3 is 3.00 bits per heavy atom. The highest BCUT2D eigenvalue weighted by Crippen LogP contribution is 2.26. The molecule has 1 saturated carbocycles. The molecule has 110 valence electrons. The van der Waals surface area contributed by atoms with Crippen molar-refractivity contribution in [3.05, 3.63) is 0 Å². The first kappa shape index (κ1) is 14.8. The van der Waals surface area contributed by atoms with Gasteiger partial charge >= 0.3 is 0 Å². The Labute approximate surface area is 115 Å². The molecule has 3 unspecified atom stereocenters. The third kappa shape index (κ3) is 4.16. The second-order valence-corrected chi connectivity index (χ2v) is 5.96. The van der Waals surface area contributed by atoms with Gasteiger partial charge in [0, 0.05) is 39.1 Å². The molecule has 0 bridgehead atoms. The van der Waals surface area contributed by atoms with Crippen LogP contribution >= 0.6 is 0 Å². The Kier molecular flexibility index (Phi) is 5.19. The SMILES string of the molecule is COC1(CNC(=O)CC2CCCC(N)C2)CCOC1. The van der Waals surface area contributed by atoms with Gasteiger partial charge in [0.15, 0.2) is 0 Å². The van der Waals surface area contributed by atoms with Crippen LogP contribution in [0.3, 0.4) is 0 Å². The molecule has 2 fully saturated rings. The Morgan fingerprint density at radius 2 is 2.37 bits per heavy atom. The molecule has 5 heteroatoms. The van der Waals surface area contributed by atoms with Gasteiger partial charge in [-0.15, -0.1) is 0 Å². The zero-order valence-electron chi connectivity index (χ0n) is 11.8. The van der Waals surface area contributed by atoms with Crippen molar-refractivity contribution in [3.63, 3.8) is 0 Å². The van der Waals surface area contributed by atoms with Gasteiger partial charge in [0.25, 0.3) is 0 Å². The molecule has 5 nitrogen and oxygen atoms in total. The topological polar surface area (TPSA) is 73.6 Å². The number of amides is 1. The van der Waals surface area contributed by atoms with Gasteiger partial charge in [0.2, 0.25) is 5.91 Å². The van der Waals surface area contributed by atoms with Crippen LogP contribution in [0.25, 0.3) is 0 Å². The number of rotatable bonds is 5. The molecule has 1 aliphatic heterocycles. The van der Waals surface area contributed by atoms with E-state index in [4.69, 9.17) is 15.2 Å². The van der Waals surface area contributed by atoms with E-state index < -0.39 is 0 Å². The van der Waals surface area contributed by atoms with Crippen molar-refractivity contribution >= 4 is 5.91 Å². The van der Waals surface area contributed by atoms with E-state index in [0.29, 0.717) is 32.1 Å². The number of carbonyl (C=O) groups is 1. The smallest absolute Gasteiger partial charge is 0.220 e. The number of nitrogens with one attached hydrogen (secondary N) is 1. The number of nitrogens with two attached hydrogens (primary N) is 1. The minimum Gasteiger partial charge on any atom is -0.378 e. The van der Waals surface area contributed by atoms with Crippen LogP contribution in [0, 0.1) is 5.92 Å². The maximum atomic E-state index is 12.0. The first-order chi connectivity index (χ1) is 9.13. The molecule has 1 aliphatic carbocycles. The van der Waals surface area contributed by atoms with Crippen molar-refractivity contribution < 1.29 is 14.3 Å². The third-order valence-electron chi connectivity index (χ3n) is 4.41. The summed E-state index contributed by atoms with van der Waals surface area (Å²) in [5.74, 6) is 0.560. The van der Waals surface area contributed by atoms with Crippen LogP contribution in [-0.4, -0.2) is 44.4 Å². The summed E-state index contributed by atoms with van der Waals surface area (Å²) in [6, 6.07) is 0.278. The molecule has 0 aromatic carbocycles. The van der Waals surface area contributed by atoms with Crippen molar-refractivity contribution in [1.29, 1.82) is 0 Å². The Hall–Kier alpha value is -0.650. The highest BCUT2D eigenvalue weighted by atomic mass is 16.5. The lowest BCUT2D eigenvalue weighted by atomic mass is 9.84. The van der Waals surface area contributed by atoms with Gasteiger partial charge in [-0.1, -0.05) is 6.42 Å². The average Bonchev–Trinajstić information content (AvgIpc) is 2.86. The number of carbonyl (C=O) groups excluding carboxylic acids is 1. The number of ether oxygens (including phenoxy) is 2. The van der Waals surface area contributed by atoms with E-state index >= 15 is 0 Å². The molecule has 1 heterocycles. The van der Waals surface area contributed by atoms with E-state index in [2.05, 4.69) is 5.32 Å².